The lowest BCUT2D eigenvalue weighted by molar-refractivity contribution is -0.122. The number of carbonyl (C=O) groups excluding carboxylic acids is 2. The molecular weight excluding hydrogens is 378 g/mol. The van der Waals surface area contributed by atoms with E-state index < -0.39 is 23.6 Å². The van der Waals surface area contributed by atoms with E-state index in [1.165, 1.54) is 13.0 Å². The van der Waals surface area contributed by atoms with E-state index in [1.807, 2.05) is 0 Å². The Kier molecular flexibility index (Phi) is 5.60. The average Bonchev–Trinajstić information content (AvgIpc) is 3.06. The molecule has 0 saturated carbocycles. The summed E-state index contributed by atoms with van der Waals surface area (Å²) in [6, 6.07) is 7.94. The number of halogens is 3. The molecule has 1 aliphatic rings. The monoisotopic (exact) mass is 394 g/mol. The summed E-state index contributed by atoms with van der Waals surface area (Å²) < 4.78 is 31.6. The van der Waals surface area contributed by atoms with E-state index in [1.54, 1.807) is 23.1 Å². The van der Waals surface area contributed by atoms with E-state index in [-0.39, 0.29) is 11.7 Å². The van der Waals surface area contributed by atoms with Crippen LogP contribution in [-0.2, 0) is 9.59 Å². The van der Waals surface area contributed by atoms with Crippen LogP contribution in [0.4, 0.5) is 20.2 Å². The molecule has 0 spiro atoms. The van der Waals surface area contributed by atoms with Crippen molar-refractivity contribution >= 4 is 34.8 Å². The molecule has 2 amide bonds. The van der Waals surface area contributed by atoms with Crippen molar-refractivity contribution in [3.05, 3.63) is 53.1 Å². The molecule has 5 nitrogen and oxygen atoms in total. The number of anilines is 2. The van der Waals surface area contributed by atoms with Gasteiger partial charge in [-0.2, -0.15) is 0 Å². The highest BCUT2D eigenvalue weighted by atomic mass is 35.5. The van der Waals surface area contributed by atoms with Crippen LogP contribution in [0.1, 0.15) is 19.8 Å². The molecule has 27 heavy (non-hydrogen) atoms. The number of carbonyl (C=O) groups is 2. The zero-order valence-corrected chi connectivity index (χ0v) is 15.2. The van der Waals surface area contributed by atoms with E-state index in [4.69, 9.17) is 16.3 Å². The summed E-state index contributed by atoms with van der Waals surface area (Å²) in [5, 5.41) is 2.94. The molecule has 0 aliphatic carbocycles. The van der Waals surface area contributed by atoms with Crippen LogP contribution >= 0.6 is 11.6 Å². The lowest BCUT2D eigenvalue weighted by Gasteiger charge is -2.19. The van der Waals surface area contributed by atoms with Crippen molar-refractivity contribution in [1.82, 2.24) is 0 Å². The zero-order chi connectivity index (χ0) is 19.6. The number of rotatable bonds is 5. The molecule has 0 bridgehead atoms. The maximum absolute atomic E-state index is 13.2. The summed E-state index contributed by atoms with van der Waals surface area (Å²) in [5.41, 5.74) is 0.978. The molecule has 1 fully saturated rings. The van der Waals surface area contributed by atoms with Crippen LogP contribution in [0.25, 0.3) is 0 Å². The maximum atomic E-state index is 13.2. The van der Waals surface area contributed by atoms with Crippen LogP contribution in [0.15, 0.2) is 36.4 Å². The molecule has 8 heteroatoms. The number of nitrogens with one attached hydrogen (secondary N) is 1. The SMILES string of the molecule is CC(Oc1ccc(F)c(F)c1)C(=O)Nc1cc(N2CCCC2=O)ccc1Cl. The van der Waals surface area contributed by atoms with Gasteiger partial charge < -0.3 is 15.0 Å². The third kappa shape index (κ3) is 4.36. The molecule has 142 valence electrons. The number of nitrogens with zero attached hydrogens (tertiary/aromatic N) is 1. The average molecular weight is 395 g/mol. The fourth-order valence-corrected chi connectivity index (χ4v) is 2.91. The first-order valence-electron chi connectivity index (χ1n) is 8.37. The second-order valence-electron chi connectivity index (χ2n) is 6.14. The first-order chi connectivity index (χ1) is 12.8. The highest BCUT2D eigenvalue weighted by molar-refractivity contribution is 6.34. The summed E-state index contributed by atoms with van der Waals surface area (Å²) in [7, 11) is 0. The minimum absolute atomic E-state index is 0.0182. The normalized spacial score (nSPS) is 15.0. The van der Waals surface area contributed by atoms with Crippen molar-refractivity contribution < 1.29 is 23.1 Å². The van der Waals surface area contributed by atoms with Gasteiger partial charge in [-0.1, -0.05) is 11.6 Å². The number of hydrogen-bond donors (Lipinski definition) is 1. The zero-order valence-electron chi connectivity index (χ0n) is 14.5. The minimum Gasteiger partial charge on any atom is -0.481 e. The molecule has 2 aromatic rings. The Morgan fingerprint density at radius 3 is 2.67 bits per heavy atom. The van der Waals surface area contributed by atoms with Gasteiger partial charge in [-0.25, -0.2) is 8.78 Å². The van der Waals surface area contributed by atoms with Crippen LogP contribution in [0, 0.1) is 11.6 Å². The Morgan fingerprint density at radius 2 is 2.00 bits per heavy atom. The van der Waals surface area contributed by atoms with Crippen LogP contribution in [0.3, 0.4) is 0 Å². The molecule has 1 saturated heterocycles. The van der Waals surface area contributed by atoms with Gasteiger partial charge in [0.15, 0.2) is 17.7 Å². The van der Waals surface area contributed by atoms with Gasteiger partial charge in [-0.05, 0) is 43.7 Å². The van der Waals surface area contributed by atoms with Crippen molar-refractivity contribution in [3.8, 4) is 5.75 Å². The molecule has 1 unspecified atom stereocenters. The van der Waals surface area contributed by atoms with Gasteiger partial charge in [-0.15, -0.1) is 0 Å². The quantitative estimate of drug-likeness (QED) is 0.828. The molecular formula is C19H17ClF2N2O3. The standard InChI is InChI=1S/C19H17ClF2N2O3/c1-11(27-13-5-7-15(21)16(22)10-13)19(26)23-17-9-12(4-6-14(17)20)24-8-2-3-18(24)25/h4-7,9-11H,2-3,8H2,1H3,(H,23,26). The maximum Gasteiger partial charge on any atom is 0.265 e. The summed E-state index contributed by atoms with van der Waals surface area (Å²) in [5.74, 6) is -2.54. The smallest absolute Gasteiger partial charge is 0.265 e. The predicted octanol–water partition coefficient (Wildman–Crippen LogP) is 4.15. The first-order valence-corrected chi connectivity index (χ1v) is 8.75. The molecule has 2 aromatic carbocycles. The fourth-order valence-electron chi connectivity index (χ4n) is 2.74. The van der Waals surface area contributed by atoms with Gasteiger partial charge in [0.05, 0.1) is 10.7 Å². The van der Waals surface area contributed by atoms with Gasteiger partial charge in [0.1, 0.15) is 5.75 Å². The Balaban J connectivity index is 1.70. The largest absolute Gasteiger partial charge is 0.481 e. The van der Waals surface area contributed by atoms with E-state index in [0.717, 1.165) is 18.6 Å². The van der Waals surface area contributed by atoms with Crippen molar-refractivity contribution in [2.45, 2.75) is 25.9 Å². The predicted molar refractivity (Wildman–Crippen MR) is 98.1 cm³/mol. The third-order valence-corrected chi connectivity index (χ3v) is 4.50. The second-order valence-corrected chi connectivity index (χ2v) is 6.55. The van der Waals surface area contributed by atoms with Gasteiger partial charge >= 0.3 is 0 Å². The molecule has 1 heterocycles. The van der Waals surface area contributed by atoms with E-state index in [0.29, 0.717) is 29.4 Å². The highest BCUT2D eigenvalue weighted by Crippen LogP contribution is 2.30. The highest BCUT2D eigenvalue weighted by Gasteiger charge is 2.23. The Morgan fingerprint density at radius 1 is 1.22 bits per heavy atom. The Labute approximate surface area is 159 Å². The Bertz CT molecular complexity index is 891. The number of amides is 2. The molecule has 0 aromatic heterocycles. The third-order valence-electron chi connectivity index (χ3n) is 4.17. The summed E-state index contributed by atoms with van der Waals surface area (Å²) in [6.45, 7) is 2.09. The van der Waals surface area contributed by atoms with E-state index in [2.05, 4.69) is 5.32 Å². The van der Waals surface area contributed by atoms with Crippen LogP contribution in [-0.4, -0.2) is 24.5 Å². The summed E-state index contributed by atoms with van der Waals surface area (Å²) in [6.07, 6.45) is 0.286. The molecule has 1 aliphatic heterocycles. The lowest BCUT2D eigenvalue weighted by atomic mass is 10.2. The van der Waals surface area contributed by atoms with Crippen molar-refractivity contribution in [2.24, 2.45) is 0 Å². The van der Waals surface area contributed by atoms with Crippen LogP contribution in [0.5, 0.6) is 5.75 Å². The molecule has 3 rings (SSSR count). The lowest BCUT2D eigenvalue weighted by Crippen LogP contribution is -2.30. The van der Waals surface area contributed by atoms with Gasteiger partial charge in [0.25, 0.3) is 5.91 Å². The summed E-state index contributed by atoms with van der Waals surface area (Å²) >= 11 is 6.14. The van der Waals surface area contributed by atoms with Crippen LogP contribution < -0.4 is 15.0 Å². The first kappa shape index (κ1) is 19.1. The second kappa shape index (κ2) is 7.92. The summed E-state index contributed by atoms with van der Waals surface area (Å²) in [4.78, 5) is 25.9. The number of ether oxygens (including phenoxy) is 1. The number of hydrogen-bond acceptors (Lipinski definition) is 3. The van der Waals surface area contributed by atoms with Crippen molar-refractivity contribution in [1.29, 1.82) is 0 Å². The minimum atomic E-state index is -1.06. The topological polar surface area (TPSA) is 58.6 Å². The Hall–Kier alpha value is -2.67. The molecule has 0 radical (unpaired) electrons. The van der Waals surface area contributed by atoms with E-state index in [9.17, 15) is 18.4 Å². The fraction of sp³-hybridized carbons (Fsp3) is 0.263. The van der Waals surface area contributed by atoms with Gasteiger partial charge in [0, 0.05) is 24.7 Å². The van der Waals surface area contributed by atoms with E-state index >= 15 is 0 Å². The van der Waals surface area contributed by atoms with Crippen molar-refractivity contribution in [3.63, 3.8) is 0 Å². The number of benzene rings is 2. The van der Waals surface area contributed by atoms with Crippen LogP contribution in [0.2, 0.25) is 5.02 Å². The molecule has 1 atom stereocenters. The van der Waals surface area contributed by atoms with Crippen molar-refractivity contribution in [2.75, 3.05) is 16.8 Å². The van der Waals surface area contributed by atoms with Gasteiger partial charge in [0.2, 0.25) is 5.91 Å². The van der Waals surface area contributed by atoms with Gasteiger partial charge in [-0.3, -0.25) is 9.59 Å². The molecule has 1 N–H and O–H groups in total.